The molecule has 4 nitrogen and oxygen atoms in total. The Morgan fingerprint density at radius 1 is 1.00 bits per heavy atom. The summed E-state index contributed by atoms with van der Waals surface area (Å²) in [6, 6.07) is 22.8. The zero-order valence-corrected chi connectivity index (χ0v) is 31.4. The van der Waals surface area contributed by atoms with Gasteiger partial charge in [-0.05, 0) is 59.8 Å². The molecule has 0 aliphatic heterocycles. The summed E-state index contributed by atoms with van der Waals surface area (Å²) < 4.78 is 67.8. The van der Waals surface area contributed by atoms with Crippen molar-refractivity contribution in [2.75, 3.05) is 0 Å². The van der Waals surface area contributed by atoms with Gasteiger partial charge in [0.25, 0.3) is 0 Å². The van der Waals surface area contributed by atoms with E-state index in [2.05, 4.69) is 46.7 Å². The van der Waals surface area contributed by atoms with Crippen LogP contribution in [0.25, 0.3) is 44.6 Å². The van der Waals surface area contributed by atoms with Crippen molar-refractivity contribution >= 4 is 35.3 Å². The molecule has 0 saturated heterocycles. The average molecular weight is 840 g/mol. The van der Waals surface area contributed by atoms with Gasteiger partial charge in [0, 0.05) is 57.6 Å². The van der Waals surface area contributed by atoms with Crippen LogP contribution < -0.4 is 5.19 Å². The van der Waals surface area contributed by atoms with Crippen molar-refractivity contribution in [3.05, 3.63) is 108 Å². The first-order valence-electron chi connectivity index (χ1n) is 19.2. The van der Waals surface area contributed by atoms with E-state index < -0.39 is 27.2 Å². The van der Waals surface area contributed by atoms with Crippen LogP contribution in [0.15, 0.2) is 77.5 Å². The summed E-state index contributed by atoms with van der Waals surface area (Å²) in [6.45, 7) is 8.23. The van der Waals surface area contributed by atoms with Crippen LogP contribution >= 0.6 is 0 Å². The summed E-state index contributed by atoms with van der Waals surface area (Å²) >= 11 is 0. The van der Waals surface area contributed by atoms with Gasteiger partial charge in [0.15, 0.2) is 0 Å². The Morgan fingerprint density at radius 3 is 2.52 bits per heavy atom. The van der Waals surface area contributed by atoms with E-state index in [9.17, 15) is 4.39 Å². The number of halogens is 1. The van der Waals surface area contributed by atoms with E-state index in [0.717, 1.165) is 53.3 Å². The summed E-state index contributed by atoms with van der Waals surface area (Å²) in [7, 11) is -1.57. The van der Waals surface area contributed by atoms with Crippen LogP contribution in [0.2, 0.25) is 19.6 Å². The monoisotopic (exact) mass is 840 g/mol. The van der Waals surface area contributed by atoms with Crippen molar-refractivity contribution in [1.82, 2.24) is 15.0 Å². The minimum Gasteiger partial charge on any atom is -0.486 e. The second kappa shape index (κ2) is 15.4. The zero-order valence-electron chi connectivity index (χ0n) is 34.0. The number of aryl methyl sites for hydroxylation is 1. The number of benzene rings is 2. The number of fused-ring (bicyclic) bond motifs is 3. The molecule has 0 unspecified atom stereocenters. The summed E-state index contributed by atoms with van der Waals surface area (Å²) in [6.07, 6.45) is 7.19. The molecule has 7 rings (SSSR count). The SMILES string of the molecule is [2H]C(C)(C)c1cc(-c2[c-]cc(F)cc2)ncc1[Si](C)(C)C.[2H]C([2H])([2H])c1ccc2c(n1)oc1c(-c3cc(C([2H])([2H])C4CCCCC4)ccn3)[c-]ccc12.[Ir]. The summed E-state index contributed by atoms with van der Waals surface area (Å²) in [5.74, 6) is -0.994. The maximum absolute atomic E-state index is 13.0. The number of hydrogen-bond donors (Lipinski definition) is 0. The van der Waals surface area contributed by atoms with E-state index in [1.165, 1.54) is 29.8 Å². The first-order chi connectivity index (χ1) is 24.8. The maximum Gasteiger partial charge on any atom is 0.216 e. The molecule has 0 amide bonds. The fourth-order valence-electron chi connectivity index (χ4n) is 6.13. The van der Waals surface area contributed by atoms with Gasteiger partial charge in [0.2, 0.25) is 5.71 Å². The van der Waals surface area contributed by atoms with Gasteiger partial charge in [-0.1, -0.05) is 99.8 Å². The Balaban J connectivity index is 0.000000223. The molecule has 0 spiro atoms. The molecule has 0 bridgehead atoms. The third-order valence-corrected chi connectivity index (χ3v) is 10.6. The molecule has 1 saturated carbocycles. The van der Waals surface area contributed by atoms with Crippen molar-refractivity contribution in [2.45, 2.75) is 84.7 Å². The largest absolute Gasteiger partial charge is 0.486 e. The molecule has 48 heavy (non-hydrogen) atoms. The Morgan fingerprint density at radius 2 is 1.81 bits per heavy atom. The van der Waals surface area contributed by atoms with E-state index in [0.29, 0.717) is 22.4 Å². The van der Waals surface area contributed by atoms with Crippen LogP contribution in [0.1, 0.15) is 76.9 Å². The van der Waals surface area contributed by atoms with Crippen molar-refractivity contribution < 1.29 is 37.1 Å². The topological polar surface area (TPSA) is 51.8 Å². The Bertz CT molecular complexity index is 2240. The maximum atomic E-state index is 13.0. The second-order valence-electron chi connectivity index (χ2n) is 13.4. The molecule has 1 aliphatic carbocycles. The van der Waals surface area contributed by atoms with Gasteiger partial charge in [0.1, 0.15) is 0 Å². The Hall–Kier alpha value is -3.51. The number of nitrogens with zero attached hydrogens (tertiary/aromatic N) is 3. The van der Waals surface area contributed by atoms with Crippen molar-refractivity contribution in [1.29, 1.82) is 0 Å². The third-order valence-electron chi connectivity index (χ3n) is 8.59. The van der Waals surface area contributed by atoms with Crippen LogP contribution in [0, 0.1) is 30.7 Å². The van der Waals surface area contributed by atoms with Crippen molar-refractivity contribution in [3.63, 3.8) is 0 Å². The zero-order chi connectivity index (χ0) is 38.3. The Kier molecular flexibility index (Phi) is 9.07. The van der Waals surface area contributed by atoms with Gasteiger partial charge in [-0.2, -0.15) is 0 Å². The van der Waals surface area contributed by atoms with Crippen LogP contribution in [0.4, 0.5) is 4.39 Å². The molecule has 6 aromatic rings. The number of pyridine rings is 3. The third kappa shape index (κ3) is 8.19. The predicted octanol–water partition coefficient (Wildman–Crippen LogP) is 10.6. The summed E-state index contributed by atoms with van der Waals surface area (Å²) in [4.78, 5) is 13.2. The Labute approximate surface area is 307 Å². The summed E-state index contributed by atoms with van der Waals surface area (Å²) in [5.41, 5.74) is 5.04. The van der Waals surface area contributed by atoms with Gasteiger partial charge in [0.05, 0.1) is 13.7 Å². The molecule has 1 fully saturated rings. The predicted molar refractivity (Wildman–Crippen MR) is 194 cm³/mol. The van der Waals surface area contributed by atoms with E-state index in [1.807, 2.05) is 32.2 Å². The number of rotatable bonds is 6. The van der Waals surface area contributed by atoms with Gasteiger partial charge in [-0.3, -0.25) is 4.39 Å². The smallest absolute Gasteiger partial charge is 0.216 e. The van der Waals surface area contributed by atoms with E-state index >= 15 is 0 Å². The molecule has 251 valence electrons. The van der Waals surface area contributed by atoms with Gasteiger partial charge < -0.3 is 14.4 Å². The minimum absolute atomic E-state index is 0. The molecule has 4 heterocycles. The number of hydrogen-bond acceptors (Lipinski definition) is 4. The van der Waals surface area contributed by atoms with Gasteiger partial charge >= 0.3 is 0 Å². The van der Waals surface area contributed by atoms with Crippen molar-refractivity contribution in [2.24, 2.45) is 5.92 Å². The minimum atomic E-state index is -2.32. The second-order valence-corrected chi connectivity index (χ2v) is 18.5. The normalized spacial score (nSPS) is 16.4. The number of aromatic nitrogens is 3. The fourth-order valence-corrected chi connectivity index (χ4v) is 7.71. The van der Waals surface area contributed by atoms with E-state index in [4.69, 9.17) is 12.6 Å². The molecular formula is C41H44FIrN3OSi-2. The molecule has 0 N–H and O–H groups in total. The fraction of sp³-hybridized carbons (Fsp3) is 0.341. The van der Waals surface area contributed by atoms with Crippen LogP contribution in [-0.2, 0) is 26.5 Å². The summed E-state index contributed by atoms with van der Waals surface area (Å²) in [5, 5.41) is 2.71. The first-order valence-corrected chi connectivity index (χ1v) is 19.7. The molecule has 2 aromatic carbocycles. The molecule has 0 atom stereocenters. The average Bonchev–Trinajstić information content (AvgIpc) is 3.50. The van der Waals surface area contributed by atoms with Crippen LogP contribution in [-0.4, -0.2) is 23.0 Å². The van der Waals surface area contributed by atoms with Gasteiger partial charge in [-0.15, -0.1) is 48.0 Å². The molecule has 4 aromatic heterocycles. The van der Waals surface area contributed by atoms with Crippen LogP contribution in [0.5, 0.6) is 0 Å². The molecule has 7 heteroatoms. The van der Waals surface area contributed by atoms with Gasteiger partial charge in [-0.25, -0.2) is 4.98 Å². The van der Waals surface area contributed by atoms with E-state index in [-0.39, 0.29) is 43.2 Å². The molecular weight excluding hydrogens is 790 g/mol. The quantitative estimate of drug-likeness (QED) is 0.124. The molecule has 1 aliphatic rings. The van der Waals surface area contributed by atoms with Crippen molar-refractivity contribution in [3.8, 4) is 22.5 Å². The number of furan rings is 1. The molecule has 1 radical (unpaired) electrons. The standard InChI is InChI=1S/C24H23N2O.C17H21FNSi.Ir/c1-16-10-11-20-19-8-5-9-21(23(19)27-24(20)26-16)22-15-18(12-13-25-22)14-17-6-3-2-4-7-17;1-12(2)15-10-16(13-6-8-14(18)9-7-13)19-11-17(15)20(3,4)5;/h5,8,10-13,15,17H,2-4,6-7,14H2,1H3;6,8-12H,1-5H3;/q2*-1;/i1D3,14D2;12D;. The van der Waals surface area contributed by atoms with E-state index in [1.54, 1.807) is 36.5 Å². The van der Waals surface area contributed by atoms with Crippen LogP contribution in [0.3, 0.4) is 0 Å². The first kappa shape index (κ1) is 28.3.